The number of hydrogen-bond acceptors (Lipinski definition) is 3. The predicted molar refractivity (Wildman–Crippen MR) is 67.4 cm³/mol. The maximum Gasteiger partial charge on any atom is 0.124 e. The number of anilines is 1. The van der Waals surface area contributed by atoms with Crippen LogP contribution in [0.5, 0.6) is 0 Å². The largest absolute Gasteiger partial charge is 0.377 e. The van der Waals surface area contributed by atoms with Crippen LogP contribution in [0.25, 0.3) is 0 Å². The molecule has 2 aromatic rings. The summed E-state index contributed by atoms with van der Waals surface area (Å²) in [5, 5.41) is 12.1. The van der Waals surface area contributed by atoms with Gasteiger partial charge in [-0.25, -0.2) is 4.39 Å². The van der Waals surface area contributed by atoms with Gasteiger partial charge in [0.1, 0.15) is 11.9 Å². The second-order valence-electron chi connectivity index (χ2n) is 3.95. The lowest BCUT2D eigenvalue weighted by Crippen LogP contribution is -2.08. The first kappa shape index (κ1) is 12.1. The fourth-order valence-electron chi connectivity index (χ4n) is 1.68. The molecule has 0 saturated carbocycles. The van der Waals surface area contributed by atoms with Gasteiger partial charge in [-0.15, -0.1) is 0 Å². The molecule has 1 N–H and O–H groups in total. The van der Waals surface area contributed by atoms with E-state index in [0.29, 0.717) is 11.3 Å². The molecule has 0 fully saturated rings. The number of nitrogens with one attached hydrogen (secondary N) is 1. The Bertz CT molecular complexity index is 575. The molecule has 1 aromatic heterocycles. The Hall–Kier alpha value is -2.41. The maximum absolute atomic E-state index is 13.0. The van der Waals surface area contributed by atoms with Gasteiger partial charge in [-0.3, -0.25) is 4.98 Å². The van der Waals surface area contributed by atoms with Crippen LogP contribution >= 0.6 is 0 Å². The van der Waals surface area contributed by atoms with E-state index < -0.39 is 5.82 Å². The van der Waals surface area contributed by atoms with E-state index >= 15 is 0 Å². The number of pyridine rings is 1. The second kappa shape index (κ2) is 5.28. The van der Waals surface area contributed by atoms with Crippen molar-refractivity contribution in [3.05, 3.63) is 59.7 Å². The van der Waals surface area contributed by atoms with Gasteiger partial charge in [0.2, 0.25) is 0 Å². The van der Waals surface area contributed by atoms with Crippen molar-refractivity contribution < 1.29 is 4.39 Å². The summed E-state index contributed by atoms with van der Waals surface area (Å²) in [5.74, 6) is -0.411. The van der Waals surface area contributed by atoms with Crippen molar-refractivity contribution in [2.24, 2.45) is 0 Å². The van der Waals surface area contributed by atoms with Crippen molar-refractivity contribution in [3.8, 4) is 6.07 Å². The van der Waals surface area contributed by atoms with Crippen molar-refractivity contribution in [2.45, 2.75) is 13.0 Å². The Morgan fingerprint density at radius 1 is 1.39 bits per heavy atom. The molecule has 4 heteroatoms. The minimum atomic E-state index is -0.411. The van der Waals surface area contributed by atoms with Gasteiger partial charge < -0.3 is 5.32 Å². The Morgan fingerprint density at radius 3 is 2.89 bits per heavy atom. The topological polar surface area (TPSA) is 48.7 Å². The molecular weight excluding hydrogens is 229 g/mol. The van der Waals surface area contributed by atoms with Crippen LogP contribution in [0.3, 0.4) is 0 Å². The number of hydrogen-bond donors (Lipinski definition) is 1. The highest BCUT2D eigenvalue weighted by molar-refractivity contribution is 5.58. The first-order valence-corrected chi connectivity index (χ1v) is 5.57. The Balaban J connectivity index is 2.22. The van der Waals surface area contributed by atoms with E-state index in [1.165, 1.54) is 12.1 Å². The van der Waals surface area contributed by atoms with Crippen LogP contribution in [0.1, 0.15) is 24.1 Å². The lowest BCUT2D eigenvalue weighted by molar-refractivity contribution is 0.627. The molecule has 1 atom stereocenters. The van der Waals surface area contributed by atoms with Crippen LogP contribution in [0.4, 0.5) is 10.1 Å². The highest BCUT2D eigenvalue weighted by atomic mass is 19.1. The molecule has 0 radical (unpaired) electrons. The molecule has 90 valence electrons. The monoisotopic (exact) mass is 241 g/mol. The highest BCUT2D eigenvalue weighted by Gasteiger charge is 2.09. The molecule has 2 rings (SSSR count). The number of halogens is 1. The average molecular weight is 241 g/mol. The second-order valence-corrected chi connectivity index (χ2v) is 3.95. The first-order chi connectivity index (χ1) is 8.70. The number of benzene rings is 1. The van der Waals surface area contributed by atoms with Gasteiger partial charge in [0, 0.05) is 12.4 Å². The van der Waals surface area contributed by atoms with Gasteiger partial charge in [0.05, 0.1) is 17.3 Å². The smallest absolute Gasteiger partial charge is 0.124 e. The summed E-state index contributed by atoms with van der Waals surface area (Å²) in [6.07, 6.45) is 3.46. The number of nitriles is 1. The summed E-state index contributed by atoms with van der Waals surface area (Å²) in [6.45, 7) is 1.96. The van der Waals surface area contributed by atoms with Gasteiger partial charge in [0.25, 0.3) is 0 Å². The van der Waals surface area contributed by atoms with Crippen molar-refractivity contribution in [3.63, 3.8) is 0 Å². The molecule has 0 aliphatic rings. The van der Waals surface area contributed by atoms with Gasteiger partial charge in [-0.1, -0.05) is 6.07 Å². The normalized spacial score (nSPS) is 11.6. The molecule has 0 spiro atoms. The molecule has 18 heavy (non-hydrogen) atoms. The lowest BCUT2D eigenvalue weighted by atomic mass is 10.1. The van der Waals surface area contributed by atoms with E-state index in [4.69, 9.17) is 5.26 Å². The maximum atomic E-state index is 13.0. The molecule has 3 nitrogen and oxygen atoms in total. The van der Waals surface area contributed by atoms with Gasteiger partial charge >= 0.3 is 0 Å². The highest BCUT2D eigenvalue weighted by Crippen LogP contribution is 2.22. The summed E-state index contributed by atoms with van der Waals surface area (Å²) in [5.41, 5.74) is 1.92. The van der Waals surface area contributed by atoms with Gasteiger partial charge in [-0.05, 0) is 36.8 Å². The van der Waals surface area contributed by atoms with Crippen molar-refractivity contribution in [2.75, 3.05) is 5.32 Å². The summed E-state index contributed by atoms with van der Waals surface area (Å²) in [4.78, 5) is 4.04. The zero-order valence-corrected chi connectivity index (χ0v) is 9.89. The van der Waals surface area contributed by atoms with E-state index in [2.05, 4.69) is 10.3 Å². The van der Waals surface area contributed by atoms with Crippen LogP contribution in [-0.2, 0) is 0 Å². The molecule has 0 aliphatic carbocycles. The SMILES string of the molecule is CC(Nc1ccc(F)cc1C#N)c1cccnc1. The van der Waals surface area contributed by atoms with Crippen LogP contribution in [0.15, 0.2) is 42.7 Å². The fraction of sp³-hybridized carbons (Fsp3) is 0.143. The van der Waals surface area contributed by atoms with Crippen molar-refractivity contribution in [1.29, 1.82) is 5.26 Å². The average Bonchev–Trinajstić information content (AvgIpc) is 2.41. The van der Waals surface area contributed by atoms with Crippen molar-refractivity contribution >= 4 is 5.69 Å². The summed E-state index contributed by atoms with van der Waals surface area (Å²) < 4.78 is 13.0. The Kier molecular flexibility index (Phi) is 3.54. The molecule has 1 heterocycles. The van der Waals surface area contributed by atoms with E-state index in [9.17, 15) is 4.39 Å². The third-order valence-corrected chi connectivity index (χ3v) is 2.66. The van der Waals surface area contributed by atoms with Crippen LogP contribution in [-0.4, -0.2) is 4.98 Å². The standard InChI is InChI=1S/C14H12FN3/c1-10(11-3-2-6-17-9-11)18-14-5-4-13(15)7-12(14)8-16/h2-7,9-10,18H,1H3. The molecule has 1 unspecified atom stereocenters. The zero-order chi connectivity index (χ0) is 13.0. The van der Waals surface area contributed by atoms with E-state index in [0.717, 1.165) is 5.56 Å². The molecule has 0 saturated heterocycles. The quantitative estimate of drug-likeness (QED) is 0.897. The minimum absolute atomic E-state index is 0.00346. The first-order valence-electron chi connectivity index (χ1n) is 5.57. The Morgan fingerprint density at radius 2 is 2.22 bits per heavy atom. The summed E-state index contributed by atoms with van der Waals surface area (Å²) in [6, 6.07) is 9.89. The summed E-state index contributed by atoms with van der Waals surface area (Å²) in [7, 11) is 0. The van der Waals surface area contributed by atoms with Crippen LogP contribution < -0.4 is 5.32 Å². The lowest BCUT2D eigenvalue weighted by Gasteiger charge is -2.16. The fourth-order valence-corrected chi connectivity index (χ4v) is 1.68. The molecule has 0 bridgehead atoms. The molecule has 1 aromatic carbocycles. The Labute approximate surface area is 105 Å². The minimum Gasteiger partial charge on any atom is -0.377 e. The number of nitrogens with zero attached hydrogens (tertiary/aromatic N) is 2. The zero-order valence-electron chi connectivity index (χ0n) is 9.89. The third kappa shape index (κ3) is 2.64. The van der Waals surface area contributed by atoms with E-state index in [1.54, 1.807) is 18.5 Å². The molecule has 0 amide bonds. The molecular formula is C14H12FN3. The number of rotatable bonds is 3. The molecule has 0 aliphatic heterocycles. The van der Waals surface area contributed by atoms with E-state index in [-0.39, 0.29) is 6.04 Å². The van der Waals surface area contributed by atoms with Gasteiger partial charge in [0.15, 0.2) is 0 Å². The van der Waals surface area contributed by atoms with E-state index in [1.807, 2.05) is 25.1 Å². The van der Waals surface area contributed by atoms with Gasteiger partial charge in [-0.2, -0.15) is 5.26 Å². The van der Waals surface area contributed by atoms with Crippen LogP contribution in [0.2, 0.25) is 0 Å². The summed E-state index contributed by atoms with van der Waals surface area (Å²) >= 11 is 0. The third-order valence-electron chi connectivity index (χ3n) is 2.66. The number of aromatic nitrogens is 1. The van der Waals surface area contributed by atoms with Crippen molar-refractivity contribution in [1.82, 2.24) is 4.98 Å². The predicted octanol–water partition coefficient (Wildman–Crippen LogP) is 3.27. The van der Waals surface area contributed by atoms with Crippen LogP contribution in [0, 0.1) is 17.1 Å².